The predicted octanol–water partition coefficient (Wildman–Crippen LogP) is 2.53. The molecule has 0 aromatic heterocycles. The molecule has 1 fully saturated rings. The molecule has 3 heteroatoms. The maximum Gasteiger partial charge on any atom is 0.0446 e. The summed E-state index contributed by atoms with van der Waals surface area (Å²) in [5, 5.41) is 9.31. The van der Waals surface area contributed by atoms with Crippen molar-refractivity contribution in [2.45, 2.75) is 52.2 Å². The van der Waals surface area contributed by atoms with Crippen molar-refractivity contribution in [3.05, 3.63) is 35.4 Å². The molecule has 0 saturated carbocycles. The molecule has 1 saturated heterocycles. The molecular formula is C18H30N2O. The first-order valence-corrected chi connectivity index (χ1v) is 8.30. The summed E-state index contributed by atoms with van der Waals surface area (Å²) in [7, 11) is 0. The minimum absolute atomic E-state index is 0.285. The SMILES string of the molecule is CCc1ccc(CN2CCN(C(C)C)[C@@H](CCO)C2)cc1. The Kier molecular flexibility index (Phi) is 6.22. The average molecular weight is 290 g/mol. The van der Waals surface area contributed by atoms with Gasteiger partial charge in [0, 0.05) is 44.9 Å². The van der Waals surface area contributed by atoms with E-state index in [9.17, 15) is 5.11 Å². The summed E-state index contributed by atoms with van der Waals surface area (Å²) >= 11 is 0. The smallest absolute Gasteiger partial charge is 0.0446 e. The Morgan fingerprint density at radius 1 is 1.14 bits per heavy atom. The molecule has 1 aromatic carbocycles. The highest BCUT2D eigenvalue weighted by atomic mass is 16.3. The Balaban J connectivity index is 1.94. The number of hydrogen-bond acceptors (Lipinski definition) is 3. The van der Waals surface area contributed by atoms with Crippen molar-refractivity contribution in [2.24, 2.45) is 0 Å². The maximum absolute atomic E-state index is 9.31. The van der Waals surface area contributed by atoms with Gasteiger partial charge in [-0.05, 0) is 37.8 Å². The molecule has 1 aliphatic rings. The van der Waals surface area contributed by atoms with E-state index in [4.69, 9.17) is 0 Å². The van der Waals surface area contributed by atoms with Crippen molar-refractivity contribution in [1.82, 2.24) is 9.80 Å². The molecule has 0 amide bonds. The van der Waals surface area contributed by atoms with Gasteiger partial charge in [-0.25, -0.2) is 0 Å². The first-order valence-electron chi connectivity index (χ1n) is 8.30. The third-order valence-corrected chi connectivity index (χ3v) is 4.58. The van der Waals surface area contributed by atoms with E-state index in [2.05, 4.69) is 54.8 Å². The van der Waals surface area contributed by atoms with Gasteiger partial charge in [0.15, 0.2) is 0 Å². The van der Waals surface area contributed by atoms with Crippen molar-refractivity contribution >= 4 is 0 Å². The highest BCUT2D eigenvalue weighted by Crippen LogP contribution is 2.18. The van der Waals surface area contributed by atoms with E-state index in [1.165, 1.54) is 11.1 Å². The lowest BCUT2D eigenvalue weighted by atomic mass is 10.0. The van der Waals surface area contributed by atoms with E-state index in [0.29, 0.717) is 12.1 Å². The Bertz CT molecular complexity index is 416. The Morgan fingerprint density at radius 3 is 2.38 bits per heavy atom. The number of piperazine rings is 1. The van der Waals surface area contributed by atoms with Gasteiger partial charge < -0.3 is 5.11 Å². The van der Waals surface area contributed by atoms with Gasteiger partial charge in [0.2, 0.25) is 0 Å². The number of hydrogen-bond donors (Lipinski definition) is 1. The topological polar surface area (TPSA) is 26.7 Å². The summed E-state index contributed by atoms with van der Waals surface area (Å²) in [6.45, 7) is 11.3. The summed E-state index contributed by atoms with van der Waals surface area (Å²) in [5.74, 6) is 0. The standard InChI is InChI=1S/C18H30N2O/c1-4-16-5-7-17(8-6-16)13-19-10-11-20(15(2)3)18(14-19)9-12-21/h5-8,15,18,21H,4,9-14H2,1-3H3/t18-/m0/s1. The van der Waals surface area contributed by atoms with Crippen LogP contribution >= 0.6 is 0 Å². The zero-order chi connectivity index (χ0) is 15.2. The summed E-state index contributed by atoms with van der Waals surface area (Å²) in [6.07, 6.45) is 1.98. The quantitative estimate of drug-likeness (QED) is 0.872. The minimum atomic E-state index is 0.285. The molecule has 1 atom stereocenters. The van der Waals surface area contributed by atoms with Crippen LogP contribution in [0.5, 0.6) is 0 Å². The first kappa shape index (κ1) is 16.5. The highest BCUT2D eigenvalue weighted by molar-refractivity contribution is 5.22. The average Bonchev–Trinajstić information content (AvgIpc) is 2.48. The molecule has 0 bridgehead atoms. The van der Waals surface area contributed by atoms with Crippen LogP contribution in [-0.2, 0) is 13.0 Å². The van der Waals surface area contributed by atoms with Crippen LogP contribution < -0.4 is 0 Å². The normalized spacial score (nSPS) is 21.1. The molecule has 21 heavy (non-hydrogen) atoms. The predicted molar refractivity (Wildman–Crippen MR) is 88.4 cm³/mol. The van der Waals surface area contributed by atoms with Crippen molar-refractivity contribution < 1.29 is 5.11 Å². The summed E-state index contributed by atoms with van der Waals surface area (Å²) < 4.78 is 0. The van der Waals surface area contributed by atoms with Gasteiger partial charge in [0.25, 0.3) is 0 Å². The fraction of sp³-hybridized carbons (Fsp3) is 0.667. The van der Waals surface area contributed by atoms with Gasteiger partial charge >= 0.3 is 0 Å². The lowest BCUT2D eigenvalue weighted by molar-refractivity contribution is 0.0349. The fourth-order valence-corrected chi connectivity index (χ4v) is 3.30. The zero-order valence-corrected chi connectivity index (χ0v) is 13.8. The largest absolute Gasteiger partial charge is 0.396 e. The summed E-state index contributed by atoms with van der Waals surface area (Å²) in [4.78, 5) is 5.06. The van der Waals surface area contributed by atoms with Crippen LogP contribution in [0, 0.1) is 0 Å². The van der Waals surface area contributed by atoms with E-state index >= 15 is 0 Å². The van der Waals surface area contributed by atoms with Crippen LogP contribution in [0.25, 0.3) is 0 Å². The number of aryl methyl sites for hydroxylation is 1. The molecular weight excluding hydrogens is 260 g/mol. The highest BCUT2D eigenvalue weighted by Gasteiger charge is 2.27. The summed E-state index contributed by atoms with van der Waals surface area (Å²) in [5.41, 5.74) is 2.80. The molecule has 1 heterocycles. The van der Waals surface area contributed by atoms with Crippen LogP contribution in [0.3, 0.4) is 0 Å². The van der Waals surface area contributed by atoms with Gasteiger partial charge in [0.1, 0.15) is 0 Å². The van der Waals surface area contributed by atoms with E-state index in [1.807, 2.05) is 0 Å². The van der Waals surface area contributed by atoms with Gasteiger partial charge in [-0.15, -0.1) is 0 Å². The lowest BCUT2D eigenvalue weighted by Gasteiger charge is -2.43. The third-order valence-electron chi connectivity index (χ3n) is 4.58. The zero-order valence-electron chi connectivity index (χ0n) is 13.8. The molecule has 1 N–H and O–H groups in total. The van der Waals surface area contributed by atoms with Crippen molar-refractivity contribution in [3.8, 4) is 0 Å². The Labute approximate surface area is 129 Å². The van der Waals surface area contributed by atoms with Crippen molar-refractivity contribution in [1.29, 1.82) is 0 Å². The number of aliphatic hydroxyl groups is 1. The van der Waals surface area contributed by atoms with E-state index in [0.717, 1.165) is 39.0 Å². The van der Waals surface area contributed by atoms with Gasteiger partial charge in [0.05, 0.1) is 0 Å². The second-order valence-electron chi connectivity index (χ2n) is 6.40. The molecule has 3 nitrogen and oxygen atoms in total. The number of aliphatic hydroxyl groups excluding tert-OH is 1. The molecule has 1 aromatic rings. The van der Waals surface area contributed by atoms with Crippen LogP contribution in [0.2, 0.25) is 0 Å². The second-order valence-corrected chi connectivity index (χ2v) is 6.40. The monoisotopic (exact) mass is 290 g/mol. The van der Waals surface area contributed by atoms with Crippen LogP contribution in [0.15, 0.2) is 24.3 Å². The summed E-state index contributed by atoms with van der Waals surface area (Å²) in [6, 6.07) is 10.0. The van der Waals surface area contributed by atoms with Gasteiger partial charge in [-0.3, -0.25) is 9.80 Å². The van der Waals surface area contributed by atoms with Gasteiger partial charge in [-0.2, -0.15) is 0 Å². The molecule has 2 rings (SSSR count). The van der Waals surface area contributed by atoms with Crippen LogP contribution in [0.1, 0.15) is 38.3 Å². The number of rotatable bonds is 6. The van der Waals surface area contributed by atoms with Crippen molar-refractivity contribution in [2.75, 3.05) is 26.2 Å². The molecule has 0 radical (unpaired) electrons. The third kappa shape index (κ3) is 4.53. The van der Waals surface area contributed by atoms with Crippen LogP contribution in [0.4, 0.5) is 0 Å². The van der Waals surface area contributed by atoms with Crippen molar-refractivity contribution in [3.63, 3.8) is 0 Å². The van der Waals surface area contributed by atoms with E-state index < -0.39 is 0 Å². The minimum Gasteiger partial charge on any atom is -0.396 e. The molecule has 1 aliphatic heterocycles. The maximum atomic E-state index is 9.31. The number of benzene rings is 1. The second kappa shape index (κ2) is 7.92. The molecule has 0 aliphatic carbocycles. The van der Waals surface area contributed by atoms with Crippen LogP contribution in [-0.4, -0.2) is 53.2 Å². The fourth-order valence-electron chi connectivity index (χ4n) is 3.30. The molecule has 118 valence electrons. The van der Waals surface area contributed by atoms with Gasteiger partial charge in [-0.1, -0.05) is 31.2 Å². The Morgan fingerprint density at radius 2 is 1.81 bits per heavy atom. The Hall–Kier alpha value is -0.900. The van der Waals surface area contributed by atoms with E-state index in [1.54, 1.807) is 0 Å². The molecule has 0 unspecified atom stereocenters. The lowest BCUT2D eigenvalue weighted by Crippen LogP contribution is -2.55. The first-order chi connectivity index (χ1) is 10.1. The van der Waals surface area contributed by atoms with E-state index in [-0.39, 0.29) is 6.61 Å². The number of nitrogens with zero attached hydrogens (tertiary/aromatic N) is 2. The molecule has 0 spiro atoms.